The van der Waals surface area contributed by atoms with Crippen molar-refractivity contribution in [3.63, 3.8) is 0 Å². The number of hydrazone groups is 1. The third-order valence-corrected chi connectivity index (χ3v) is 4.82. The lowest BCUT2D eigenvalue weighted by Gasteiger charge is -2.08. The lowest BCUT2D eigenvalue weighted by atomic mass is 10.2. The van der Waals surface area contributed by atoms with Gasteiger partial charge in [-0.1, -0.05) is 40.9 Å². The normalized spacial score (nSPS) is 11.3. The third kappa shape index (κ3) is 4.18. The topological polar surface area (TPSA) is 42.2 Å². The van der Waals surface area contributed by atoms with E-state index in [-0.39, 0.29) is 5.82 Å². The zero-order valence-corrected chi connectivity index (χ0v) is 15.9. The van der Waals surface area contributed by atoms with Crippen molar-refractivity contribution in [2.45, 2.75) is 13.5 Å². The number of halogens is 4. The number of nitrogens with one attached hydrogen (secondary N) is 1. The number of nitrogens with zero attached hydrogens (tertiary/aromatic N) is 3. The van der Waals surface area contributed by atoms with E-state index in [4.69, 9.17) is 34.8 Å². The van der Waals surface area contributed by atoms with Gasteiger partial charge in [0.1, 0.15) is 11.0 Å². The molecule has 2 aromatic carbocycles. The molecule has 0 fully saturated rings. The maximum atomic E-state index is 12.9. The van der Waals surface area contributed by atoms with E-state index in [1.165, 1.54) is 12.1 Å². The summed E-state index contributed by atoms with van der Waals surface area (Å²) < 4.78 is 14.5. The van der Waals surface area contributed by atoms with Crippen LogP contribution in [0, 0.1) is 12.7 Å². The molecule has 0 spiro atoms. The molecule has 1 aromatic heterocycles. The summed E-state index contributed by atoms with van der Waals surface area (Å²) in [6, 6.07) is 11.2. The minimum atomic E-state index is -0.307. The van der Waals surface area contributed by atoms with Crippen LogP contribution in [0.4, 0.5) is 10.1 Å². The summed E-state index contributed by atoms with van der Waals surface area (Å²) in [7, 11) is 0. The Bertz CT molecular complexity index is 932. The first-order valence-corrected chi connectivity index (χ1v) is 8.79. The third-order valence-electron chi connectivity index (χ3n) is 3.71. The summed E-state index contributed by atoms with van der Waals surface area (Å²) in [6.45, 7) is 2.17. The minimum Gasteiger partial charge on any atom is -0.278 e. The predicted octanol–water partition coefficient (Wildman–Crippen LogP) is 5.79. The van der Waals surface area contributed by atoms with Crippen molar-refractivity contribution in [2.75, 3.05) is 5.43 Å². The van der Waals surface area contributed by atoms with Gasteiger partial charge in [-0.25, -0.2) is 9.07 Å². The Hall–Kier alpha value is -2.08. The molecule has 0 saturated carbocycles. The van der Waals surface area contributed by atoms with Crippen molar-refractivity contribution in [1.82, 2.24) is 9.78 Å². The first-order valence-electron chi connectivity index (χ1n) is 7.66. The Balaban J connectivity index is 1.79. The maximum Gasteiger partial charge on any atom is 0.136 e. The van der Waals surface area contributed by atoms with Crippen molar-refractivity contribution in [2.24, 2.45) is 5.10 Å². The van der Waals surface area contributed by atoms with E-state index in [0.717, 1.165) is 5.56 Å². The smallest absolute Gasteiger partial charge is 0.136 e. The molecular formula is C18H14Cl3FN4. The van der Waals surface area contributed by atoms with E-state index < -0.39 is 0 Å². The molecule has 26 heavy (non-hydrogen) atoms. The lowest BCUT2D eigenvalue weighted by molar-refractivity contribution is 0.628. The Kier molecular flexibility index (Phi) is 5.81. The van der Waals surface area contributed by atoms with Gasteiger partial charge in [0.25, 0.3) is 0 Å². The number of hydrogen-bond acceptors (Lipinski definition) is 3. The molecular weight excluding hydrogens is 398 g/mol. The number of rotatable bonds is 5. The highest BCUT2D eigenvalue weighted by atomic mass is 35.5. The van der Waals surface area contributed by atoms with Crippen molar-refractivity contribution in [3.8, 4) is 0 Å². The Labute approximate surface area is 165 Å². The van der Waals surface area contributed by atoms with Crippen molar-refractivity contribution in [3.05, 3.63) is 80.3 Å². The average molecular weight is 412 g/mol. The van der Waals surface area contributed by atoms with Gasteiger partial charge in [0.15, 0.2) is 0 Å². The summed E-state index contributed by atoms with van der Waals surface area (Å²) in [5.74, 6) is -0.307. The van der Waals surface area contributed by atoms with Gasteiger partial charge in [-0.15, -0.1) is 0 Å². The van der Waals surface area contributed by atoms with E-state index in [9.17, 15) is 4.39 Å². The van der Waals surface area contributed by atoms with Gasteiger partial charge in [-0.2, -0.15) is 10.2 Å². The summed E-state index contributed by atoms with van der Waals surface area (Å²) >= 11 is 18.9. The molecule has 0 aliphatic heterocycles. The molecule has 0 radical (unpaired) electrons. The van der Waals surface area contributed by atoms with Crippen LogP contribution in [-0.4, -0.2) is 16.0 Å². The monoisotopic (exact) mass is 410 g/mol. The van der Waals surface area contributed by atoms with Crippen molar-refractivity contribution in [1.29, 1.82) is 0 Å². The molecule has 1 heterocycles. The second-order valence-corrected chi connectivity index (χ2v) is 6.70. The average Bonchev–Trinajstić information content (AvgIpc) is 2.87. The second-order valence-electron chi connectivity index (χ2n) is 5.52. The summed E-state index contributed by atoms with van der Waals surface area (Å²) in [6.07, 6.45) is 1.57. The van der Waals surface area contributed by atoms with E-state index in [1.807, 2.05) is 6.92 Å². The molecule has 8 heteroatoms. The quantitative estimate of drug-likeness (QED) is 0.427. The fraction of sp³-hybridized carbons (Fsp3) is 0.111. The zero-order valence-electron chi connectivity index (χ0n) is 13.7. The van der Waals surface area contributed by atoms with E-state index in [0.29, 0.717) is 38.7 Å². The molecule has 0 aliphatic rings. The van der Waals surface area contributed by atoms with Crippen LogP contribution < -0.4 is 5.43 Å². The summed E-state index contributed by atoms with van der Waals surface area (Å²) in [4.78, 5) is 0. The standard InChI is InChI=1S/C18H14Cl3FN4/c1-11-14(9-23-24-13-7-5-12(22)6-8-13)18(21)26(25-11)10-15-16(19)3-2-4-17(15)20/h2-9,24H,10H2,1H3/b23-9-. The highest BCUT2D eigenvalue weighted by Crippen LogP contribution is 2.27. The Morgan fingerprint density at radius 2 is 1.77 bits per heavy atom. The summed E-state index contributed by atoms with van der Waals surface area (Å²) in [5.41, 5.74) is 5.60. The second kappa shape index (κ2) is 8.08. The van der Waals surface area contributed by atoms with Crippen LogP contribution in [0.5, 0.6) is 0 Å². The highest BCUT2D eigenvalue weighted by molar-refractivity contribution is 6.36. The van der Waals surface area contributed by atoms with Crippen LogP contribution in [0.25, 0.3) is 0 Å². The van der Waals surface area contributed by atoms with Crippen LogP contribution in [0.2, 0.25) is 15.2 Å². The van der Waals surface area contributed by atoms with Gasteiger partial charge in [-0.3, -0.25) is 5.43 Å². The van der Waals surface area contributed by atoms with Gasteiger partial charge in [0.05, 0.1) is 29.7 Å². The van der Waals surface area contributed by atoms with Crippen LogP contribution >= 0.6 is 34.8 Å². The first-order chi connectivity index (χ1) is 12.5. The Morgan fingerprint density at radius 1 is 1.12 bits per heavy atom. The summed E-state index contributed by atoms with van der Waals surface area (Å²) in [5, 5.41) is 10.1. The molecule has 134 valence electrons. The SMILES string of the molecule is Cc1nn(Cc2c(Cl)cccc2Cl)c(Cl)c1/C=N\Nc1ccc(F)cc1. The largest absolute Gasteiger partial charge is 0.278 e. The van der Waals surface area contributed by atoms with Gasteiger partial charge < -0.3 is 0 Å². The number of aromatic nitrogens is 2. The molecule has 0 bridgehead atoms. The van der Waals surface area contributed by atoms with Gasteiger partial charge in [0.2, 0.25) is 0 Å². The molecule has 4 nitrogen and oxygen atoms in total. The molecule has 0 unspecified atom stereocenters. The van der Waals surface area contributed by atoms with Crippen LogP contribution in [0.3, 0.4) is 0 Å². The number of anilines is 1. The van der Waals surface area contributed by atoms with Gasteiger partial charge in [0, 0.05) is 15.6 Å². The van der Waals surface area contributed by atoms with E-state index in [1.54, 1.807) is 41.2 Å². The molecule has 3 aromatic rings. The van der Waals surface area contributed by atoms with Crippen LogP contribution in [0.1, 0.15) is 16.8 Å². The number of hydrogen-bond donors (Lipinski definition) is 1. The number of benzene rings is 2. The zero-order chi connectivity index (χ0) is 18.7. The van der Waals surface area contributed by atoms with Crippen molar-refractivity contribution >= 4 is 46.7 Å². The van der Waals surface area contributed by atoms with Crippen LogP contribution in [-0.2, 0) is 6.54 Å². The number of aryl methyl sites for hydroxylation is 1. The maximum absolute atomic E-state index is 12.9. The van der Waals surface area contributed by atoms with Crippen molar-refractivity contribution < 1.29 is 4.39 Å². The fourth-order valence-corrected chi connectivity index (χ4v) is 3.15. The molecule has 1 N–H and O–H groups in total. The molecule has 0 amide bonds. The van der Waals surface area contributed by atoms with Gasteiger partial charge >= 0.3 is 0 Å². The van der Waals surface area contributed by atoms with Gasteiger partial charge in [-0.05, 0) is 43.3 Å². The predicted molar refractivity (Wildman–Crippen MR) is 105 cm³/mol. The molecule has 0 saturated heterocycles. The molecule has 0 atom stereocenters. The lowest BCUT2D eigenvalue weighted by Crippen LogP contribution is -2.03. The Morgan fingerprint density at radius 3 is 2.42 bits per heavy atom. The minimum absolute atomic E-state index is 0.307. The fourth-order valence-electron chi connectivity index (χ4n) is 2.35. The first kappa shape index (κ1) is 18.7. The van der Waals surface area contributed by atoms with E-state index >= 15 is 0 Å². The van der Waals surface area contributed by atoms with E-state index in [2.05, 4.69) is 15.6 Å². The highest BCUT2D eigenvalue weighted by Gasteiger charge is 2.14. The molecule has 3 rings (SSSR count). The van der Waals surface area contributed by atoms with Crippen LogP contribution in [0.15, 0.2) is 47.6 Å². The molecule has 0 aliphatic carbocycles.